The lowest BCUT2D eigenvalue weighted by Crippen LogP contribution is -1.83. The molecule has 0 bridgehead atoms. The summed E-state index contributed by atoms with van der Waals surface area (Å²) in [5.74, 6) is 0. The Kier molecular flexibility index (Phi) is 5.23. The number of hydrogen-bond acceptors (Lipinski definition) is 3. The largest absolute Gasteiger partial charge is 0.235 e. The van der Waals surface area contributed by atoms with Crippen molar-refractivity contribution in [2.45, 2.75) is 0 Å². The van der Waals surface area contributed by atoms with E-state index >= 15 is 0 Å². The van der Waals surface area contributed by atoms with Gasteiger partial charge in [-0.2, -0.15) is 5.26 Å². The molecule has 0 N–H and O–H groups in total. The normalized spacial score (nSPS) is 11.3. The van der Waals surface area contributed by atoms with Crippen LogP contribution in [0.25, 0.3) is 22.9 Å². The highest BCUT2D eigenvalue weighted by molar-refractivity contribution is 7.11. The number of thiazole rings is 1. The molecular weight excluding hydrogens is 383 g/mol. The second-order valence-corrected chi connectivity index (χ2v) is 7.00. The summed E-state index contributed by atoms with van der Waals surface area (Å²) in [7, 11) is 0. The third-order valence-corrected chi connectivity index (χ3v) is 5.12. The van der Waals surface area contributed by atoms with Gasteiger partial charge >= 0.3 is 0 Å². The molecule has 24 heavy (non-hydrogen) atoms. The lowest BCUT2D eigenvalue weighted by molar-refractivity contribution is 1.37. The summed E-state index contributed by atoms with van der Waals surface area (Å²) in [4.78, 5) is 4.54. The van der Waals surface area contributed by atoms with E-state index in [4.69, 9.17) is 34.8 Å². The second-order valence-electron chi connectivity index (χ2n) is 4.89. The lowest BCUT2D eigenvalue weighted by atomic mass is 10.1. The Balaban J connectivity index is 1.94. The summed E-state index contributed by atoms with van der Waals surface area (Å²) in [5.41, 5.74) is 3.00. The van der Waals surface area contributed by atoms with Gasteiger partial charge in [-0.15, -0.1) is 11.3 Å². The fourth-order valence-corrected chi connectivity index (χ4v) is 3.27. The van der Waals surface area contributed by atoms with Crippen molar-refractivity contribution in [1.82, 2.24) is 4.98 Å². The average Bonchev–Trinajstić information content (AvgIpc) is 3.06. The van der Waals surface area contributed by atoms with Crippen molar-refractivity contribution in [2.75, 3.05) is 0 Å². The predicted octanol–water partition coefficient (Wildman–Crippen LogP) is 6.83. The zero-order chi connectivity index (χ0) is 17.1. The van der Waals surface area contributed by atoms with Crippen molar-refractivity contribution in [1.29, 1.82) is 5.26 Å². The van der Waals surface area contributed by atoms with Crippen LogP contribution in [-0.2, 0) is 0 Å². The van der Waals surface area contributed by atoms with Gasteiger partial charge in [-0.3, -0.25) is 0 Å². The highest BCUT2D eigenvalue weighted by Gasteiger charge is 2.10. The first kappa shape index (κ1) is 17.0. The van der Waals surface area contributed by atoms with Crippen LogP contribution in [0, 0.1) is 11.3 Å². The Morgan fingerprint density at radius 2 is 1.79 bits per heavy atom. The van der Waals surface area contributed by atoms with Crippen LogP contribution in [0.4, 0.5) is 0 Å². The van der Waals surface area contributed by atoms with Crippen LogP contribution in [0.3, 0.4) is 0 Å². The summed E-state index contributed by atoms with van der Waals surface area (Å²) in [6.45, 7) is 0. The Bertz CT molecular complexity index is 953. The molecule has 118 valence electrons. The van der Waals surface area contributed by atoms with Crippen molar-refractivity contribution in [2.24, 2.45) is 0 Å². The summed E-state index contributed by atoms with van der Waals surface area (Å²) in [6.07, 6.45) is 1.79. The van der Waals surface area contributed by atoms with Gasteiger partial charge in [0.25, 0.3) is 0 Å². The Morgan fingerprint density at radius 1 is 1.04 bits per heavy atom. The molecule has 0 saturated heterocycles. The van der Waals surface area contributed by atoms with Gasteiger partial charge in [-0.1, -0.05) is 53.0 Å². The van der Waals surface area contributed by atoms with Crippen LogP contribution in [0.2, 0.25) is 15.1 Å². The van der Waals surface area contributed by atoms with Crippen LogP contribution in [-0.4, -0.2) is 4.98 Å². The van der Waals surface area contributed by atoms with Gasteiger partial charge in [-0.25, -0.2) is 4.98 Å². The van der Waals surface area contributed by atoms with E-state index in [9.17, 15) is 5.26 Å². The summed E-state index contributed by atoms with van der Waals surface area (Å²) in [5, 5.41) is 13.6. The number of aromatic nitrogens is 1. The molecule has 0 fully saturated rings. The molecule has 6 heteroatoms. The molecule has 0 saturated carbocycles. The summed E-state index contributed by atoms with van der Waals surface area (Å²) < 4.78 is 0. The highest BCUT2D eigenvalue weighted by atomic mass is 35.5. The third kappa shape index (κ3) is 3.80. The molecule has 0 radical (unpaired) electrons. The number of rotatable bonds is 3. The molecule has 0 aliphatic rings. The second kappa shape index (κ2) is 7.38. The number of allylic oxidation sites excluding steroid dienone is 1. The van der Waals surface area contributed by atoms with Crippen LogP contribution < -0.4 is 0 Å². The molecule has 1 aromatic heterocycles. The highest BCUT2D eigenvalue weighted by Crippen LogP contribution is 2.31. The van der Waals surface area contributed by atoms with E-state index < -0.39 is 0 Å². The number of hydrogen-bond donors (Lipinski definition) is 0. The monoisotopic (exact) mass is 390 g/mol. The zero-order valence-electron chi connectivity index (χ0n) is 12.1. The van der Waals surface area contributed by atoms with Crippen molar-refractivity contribution in [3.63, 3.8) is 0 Å². The number of nitrogens with zero attached hydrogens (tertiary/aromatic N) is 2. The van der Waals surface area contributed by atoms with Crippen molar-refractivity contribution >= 4 is 57.8 Å². The molecule has 3 aromatic rings. The molecule has 0 amide bonds. The van der Waals surface area contributed by atoms with Crippen LogP contribution in [0.1, 0.15) is 10.6 Å². The molecular formula is C18H9Cl3N2S. The van der Waals surface area contributed by atoms with Gasteiger partial charge in [0.2, 0.25) is 0 Å². The molecule has 0 spiro atoms. The van der Waals surface area contributed by atoms with Gasteiger partial charge in [-0.05, 0) is 35.9 Å². The topological polar surface area (TPSA) is 36.7 Å². The van der Waals surface area contributed by atoms with Crippen molar-refractivity contribution in [3.05, 3.63) is 73.5 Å². The van der Waals surface area contributed by atoms with Gasteiger partial charge < -0.3 is 0 Å². The molecule has 0 aliphatic heterocycles. The molecule has 2 nitrogen and oxygen atoms in total. The van der Waals surface area contributed by atoms with Crippen LogP contribution in [0.5, 0.6) is 0 Å². The van der Waals surface area contributed by atoms with Crippen molar-refractivity contribution in [3.8, 4) is 17.3 Å². The quantitative estimate of drug-likeness (QED) is 0.458. The first-order chi connectivity index (χ1) is 11.6. The minimum absolute atomic E-state index is 0.473. The maximum atomic E-state index is 9.44. The van der Waals surface area contributed by atoms with E-state index in [1.165, 1.54) is 11.3 Å². The minimum Gasteiger partial charge on any atom is -0.235 e. The number of halogens is 3. The smallest absolute Gasteiger partial charge is 0.134 e. The third-order valence-electron chi connectivity index (χ3n) is 3.25. The number of benzene rings is 2. The van der Waals surface area contributed by atoms with Gasteiger partial charge in [0.15, 0.2) is 0 Å². The molecule has 0 aliphatic carbocycles. The minimum atomic E-state index is 0.473. The Hall–Kier alpha value is -1.83. The fourth-order valence-electron chi connectivity index (χ4n) is 2.05. The van der Waals surface area contributed by atoms with E-state index in [1.54, 1.807) is 30.3 Å². The predicted molar refractivity (Wildman–Crippen MR) is 103 cm³/mol. The van der Waals surface area contributed by atoms with Gasteiger partial charge in [0.1, 0.15) is 11.1 Å². The molecule has 3 rings (SSSR count). The van der Waals surface area contributed by atoms with E-state index in [2.05, 4.69) is 11.1 Å². The maximum absolute atomic E-state index is 9.44. The van der Waals surface area contributed by atoms with Crippen LogP contribution >= 0.6 is 46.1 Å². The molecule has 1 heterocycles. The van der Waals surface area contributed by atoms with E-state index in [0.717, 1.165) is 16.8 Å². The van der Waals surface area contributed by atoms with E-state index in [-0.39, 0.29) is 0 Å². The van der Waals surface area contributed by atoms with E-state index in [1.807, 2.05) is 23.6 Å². The number of nitriles is 1. The van der Waals surface area contributed by atoms with E-state index in [0.29, 0.717) is 25.6 Å². The Labute approximate surface area is 158 Å². The molecule has 0 atom stereocenters. The molecule has 0 unspecified atom stereocenters. The molecule has 2 aromatic carbocycles. The van der Waals surface area contributed by atoms with Crippen molar-refractivity contribution < 1.29 is 0 Å². The first-order valence-corrected chi connectivity index (χ1v) is 8.87. The maximum Gasteiger partial charge on any atom is 0.134 e. The zero-order valence-corrected chi connectivity index (χ0v) is 15.2. The standard InChI is InChI=1S/C18H9Cl3N2S/c19-14-4-1-11(2-5-14)7-13(9-22)18-23-17(10-24-18)12-3-6-15(20)16(21)8-12/h1-8,10H/b13-7+. The summed E-state index contributed by atoms with van der Waals surface area (Å²) in [6, 6.07) is 14.8. The lowest BCUT2D eigenvalue weighted by Gasteiger charge is -1.99. The average molecular weight is 392 g/mol. The first-order valence-electron chi connectivity index (χ1n) is 6.85. The SMILES string of the molecule is N#C/C(=C\c1ccc(Cl)cc1)c1nc(-c2ccc(Cl)c(Cl)c2)cs1. The fraction of sp³-hybridized carbons (Fsp3) is 0. The van der Waals surface area contributed by atoms with Gasteiger partial charge in [0.05, 0.1) is 21.3 Å². The Morgan fingerprint density at radius 3 is 2.46 bits per heavy atom. The van der Waals surface area contributed by atoms with Crippen LogP contribution in [0.15, 0.2) is 47.8 Å². The summed E-state index contributed by atoms with van der Waals surface area (Å²) >= 11 is 19.3. The van der Waals surface area contributed by atoms with Gasteiger partial charge in [0, 0.05) is 16.0 Å².